The van der Waals surface area contributed by atoms with Gasteiger partial charge in [0.05, 0.1) is 0 Å². The number of nitrogens with one attached hydrogen (secondary N) is 2. The first kappa shape index (κ1) is 16.4. The number of rotatable bonds is 3. The lowest BCUT2D eigenvalue weighted by Gasteiger charge is -2.21. The zero-order valence-corrected chi connectivity index (χ0v) is 14.5. The third-order valence-corrected chi connectivity index (χ3v) is 4.63. The van der Waals surface area contributed by atoms with Crippen molar-refractivity contribution >= 4 is 23.2 Å². The SMILES string of the molecule is CC(=O)Nc1ccc(C(=O)Nc2ccc3c(c2)OC2(CCCC2)O3)cc1. The molecular weight excluding hydrogens is 332 g/mol. The summed E-state index contributed by atoms with van der Waals surface area (Å²) in [5, 5.41) is 5.54. The van der Waals surface area contributed by atoms with Gasteiger partial charge in [0.15, 0.2) is 11.5 Å². The number of anilines is 2. The second-order valence-corrected chi connectivity index (χ2v) is 6.70. The van der Waals surface area contributed by atoms with Crippen molar-refractivity contribution in [1.29, 1.82) is 0 Å². The molecule has 0 bridgehead atoms. The molecule has 0 radical (unpaired) electrons. The first-order valence-electron chi connectivity index (χ1n) is 8.74. The molecule has 6 heteroatoms. The molecule has 0 saturated heterocycles. The van der Waals surface area contributed by atoms with Crippen molar-refractivity contribution in [3.63, 3.8) is 0 Å². The predicted molar refractivity (Wildman–Crippen MR) is 97.6 cm³/mol. The van der Waals surface area contributed by atoms with Gasteiger partial charge in [-0.05, 0) is 49.2 Å². The van der Waals surface area contributed by atoms with Gasteiger partial charge in [0.2, 0.25) is 5.91 Å². The smallest absolute Gasteiger partial charge is 0.255 e. The lowest BCUT2D eigenvalue weighted by atomic mass is 10.2. The molecule has 2 amide bonds. The van der Waals surface area contributed by atoms with E-state index in [0.717, 1.165) is 31.4 Å². The van der Waals surface area contributed by atoms with Crippen LogP contribution in [0, 0.1) is 0 Å². The van der Waals surface area contributed by atoms with Gasteiger partial charge >= 0.3 is 0 Å². The molecular formula is C20H20N2O4. The number of carbonyl (C=O) groups is 2. The number of amides is 2. The molecule has 4 rings (SSSR count). The highest BCUT2D eigenvalue weighted by atomic mass is 16.7. The van der Waals surface area contributed by atoms with Gasteiger partial charge in [0.25, 0.3) is 11.7 Å². The van der Waals surface area contributed by atoms with Gasteiger partial charge in [-0.2, -0.15) is 0 Å². The van der Waals surface area contributed by atoms with Gasteiger partial charge in [-0.1, -0.05) is 0 Å². The second-order valence-electron chi connectivity index (χ2n) is 6.70. The minimum atomic E-state index is -0.509. The normalized spacial score (nSPS) is 16.5. The summed E-state index contributed by atoms with van der Waals surface area (Å²) in [5.74, 6) is 0.511. The Bertz CT molecular complexity index is 855. The zero-order valence-electron chi connectivity index (χ0n) is 14.5. The maximum absolute atomic E-state index is 12.4. The summed E-state index contributed by atoms with van der Waals surface area (Å²) in [6.07, 6.45) is 3.99. The summed E-state index contributed by atoms with van der Waals surface area (Å²) in [4.78, 5) is 23.5. The first-order valence-corrected chi connectivity index (χ1v) is 8.74. The molecule has 1 aliphatic heterocycles. The van der Waals surface area contributed by atoms with Gasteiger partial charge in [-0.15, -0.1) is 0 Å². The molecule has 1 fully saturated rings. The van der Waals surface area contributed by atoms with E-state index in [0.29, 0.717) is 22.7 Å². The topological polar surface area (TPSA) is 76.7 Å². The fraction of sp³-hybridized carbons (Fsp3) is 0.300. The molecule has 2 aromatic carbocycles. The van der Waals surface area contributed by atoms with Crippen molar-refractivity contribution in [2.24, 2.45) is 0 Å². The molecule has 2 N–H and O–H groups in total. The maximum Gasteiger partial charge on any atom is 0.255 e. The molecule has 1 aliphatic carbocycles. The van der Waals surface area contributed by atoms with E-state index in [2.05, 4.69) is 10.6 Å². The monoisotopic (exact) mass is 352 g/mol. The van der Waals surface area contributed by atoms with E-state index >= 15 is 0 Å². The average molecular weight is 352 g/mol. The van der Waals surface area contributed by atoms with E-state index in [1.54, 1.807) is 36.4 Å². The Kier molecular flexibility index (Phi) is 4.03. The minimum Gasteiger partial charge on any atom is -0.448 e. The van der Waals surface area contributed by atoms with Crippen LogP contribution >= 0.6 is 0 Å². The summed E-state index contributed by atoms with van der Waals surface area (Å²) in [6, 6.07) is 12.2. The van der Waals surface area contributed by atoms with Crippen molar-refractivity contribution in [3.05, 3.63) is 48.0 Å². The van der Waals surface area contributed by atoms with Crippen molar-refractivity contribution in [3.8, 4) is 11.5 Å². The zero-order chi connectivity index (χ0) is 18.1. The quantitative estimate of drug-likeness (QED) is 0.877. The third-order valence-electron chi connectivity index (χ3n) is 4.63. The van der Waals surface area contributed by atoms with Crippen LogP contribution in [0.2, 0.25) is 0 Å². The minimum absolute atomic E-state index is 0.150. The molecule has 1 heterocycles. The predicted octanol–water partition coefficient (Wildman–Crippen LogP) is 3.94. The van der Waals surface area contributed by atoms with Crippen LogP contribution in [0.4, 0.5) is 11.4 Å². The first-order chi connectivity index (χ1) is 12.5. The third kappa shape index (κ3) is 3.22. The number of hydrogen-bond donors (Lipinski definition) is 2. The van der Waals surface area contributed by atoms with Gasteiger partial charge in [-0.25, -0.2) is 0 Å². The summed E-state index contributed by atoms with van der Waals surface area (Å²) in [5.41, 5.74) is 1.81. The Morgan fingerprint density at radius 2 is 1.54 bits per heavy atom. The Morgan fingerprint density at radius 1 is 0.885 bits per heavy atom. The van der Waals surface area contributed by atoms with E-state index < -0.39 is 5.79 Å². The van der Waals surface area contributed by atoms with Crippen LogP contribution in [0.25, 0.3) is 0 Å². The number of hydrogen-bond acceptors (Lipinski definition) is 4. The van der Waals surface area contributed by atoms with Crippen LogP contribution in [-0.4, -0.2) is 17.6 Å². The van der Waals surface area contributed by atoms with E-state index in [4.69, 9.17) is 9.47 Å². The summed E-state index contributed by atoms with van der Waals surface area (Å²) < 4.78 is 12.0. The van der Waals surface area contributed by atoms with Gasteiger partial charge < -0.3 is 20.1 Å². The van der Waals surface area contributed by atoms with Crippen molar-refractivity contribution in [1.82, 2.24) is 0 Å². The maximum atomic E-state index is 12.4. The highest BCUT2D eigenvalue weighted by Crippen LogP contribution is 2.47. The van der Waals surface area contributed by atoms with Crippen LogP contribution in [0.15, 0.2) is 42.5 Å². The molecule has 1 saturated carbocycles. The molecule has 2 aliphatic rings. The van der Waals surface area contributed by atoms with Gasteiger partial charge in [0.1, 0.15) is 0 Å². The fourth-order valence-corrected chi connectivity index (χ4v) is 3.40. The van der Waals surface area contributed by atoms with E-state index in [9.17, 15) is 9.59 Å². The van der Waals surface area contributed by atoms with Crippen molar-refractivity contribution in [2.75, 3.05) is 10.6 Å². The average Bonchev–Trinajstić information content (AvgIpc) is 3.20. The molecule has 0 aromatic heterocycles. The molecule has 0 unspecified atom stereocenters. The molecule has 6 nitrogen and oxygen atoms in total. The fourth-order valence-electron chi connectivity index (χ4n) is 3.40. The Labute approximate surface area is 151 Å². The summed E-state index contributed by atoms with van der Waals surface area (Å²) >= 11 is 0. The molecule has 0 atom stereocenters. The lowest BCUT2D eigenvalue weighted by molar-refractivity contribution is -0.114. The van der Waals surface area contributed by atoms with Crippen LogP contribution in [0.5, 0.6) is 11.5 Å². The standard InChI is InChI=1S/C20H20N2O4/c1-13(23)21-15-6-4-14(5-7-15)19(24)22-16-8-9-17-18(12-16)26-20(25-17)10-2-3-11-20/h4-9,12H,2-3,10-11H2,1H3,(H,21,23)(H,22,24). The molecule has 26 heavy (non-hydrogen) atoms. The van der Waals surface area contributed by atoms with Crippen LogP contribution in [0.3, 0.4) is 0 Å². The second kappa shape index (κ2) is 6.37. The van der Waals surface area contributed by atoms with E-state index in [1.165, 1.54) is 6.92 Å². The van der Waals surface area contributed by atoms with Crippen LogP contribution < -0.4 is 20.1 Å². The summed E-state index contributed by atoms with van der Waals surface area (Å²) in [7, 11) is 0. The van der Waals surface area contributed by atoms with Crippen molar-refractivity contribution in [2.45, 2.75) is 38.4 Å². The Hall–Kier alpha value is -3.02. The Balaban J connectivity index is 1.45. The molecule has 1 spiro atoms. The van der Waals surface area contributed by atoms with Gasteiger partial charge in [-0.3, -0.25) is 9.59 Å². The largest absolute Gasteiger partial charge is 0.448 e. The Morgan fingerprint density at radius 3 is 2.23 bits per heavy atom. The summed E-state index contributed by atoms with van der Waals surface area (Å²) in [6.45, 7) is 1.44. The number of ether oxygens (including phenoxy) is 2. The highest BCUT2D eigenvalue weighted by Gasteiger charge is 2.44. The number of fused-ring (bicyclic) bond motifs is 1. The van der Waals surface area contributed by atoms with Crippen LogP contribution in [-0.2, 0) is 4.79 Å². The van der Waals surface area contributed by atoms with E-state index in [1.807, 2.05) is 6.07 Å². The lowest BCUT2D eigenvalue weighted by Crippen LogP contribution is -2.34. The van der Waals surface area contributed by atoms with E-state index in [-0.39, 0.29) is 11.8 Å². The van der Waals surface area contributed by atoms with Gasteiger partial charge in [0, 0.05) is 42.8 Å². The number of benzene rings is 2. The van der Waals surface area contributed by atoms with Crippen LogP contribution in [0.1, 0.15) is 43.0 Å². The molecule has 2 aromatic rings. The molecule has 134 valence electrons. The highest BCUT2D eigenvalue weighted by molar-refractivity contribution is 6.04. The van der Waals surface area contributed by atoms with Crippen molar-refractivity contribution < 1.29 is 19.1 Å². The number of carbonyl (C=O) groups excluding carboxylic acids is 2.